The lowest BCUT2D eigenvalue weighted by atomic mass is 10.2. The number of carbonyl (C=O) groups is 1. The summed E-state index contributed by atoms with van der Waals surface area (Å²) in [5.74, 6) is 5.18. The third-order valence-corrected chi connectivity index (χ3v) is 5.38. The number of rotatable bonds is 8. The minimum absolute atomic E-state index is 0.0323. The van der Waals surface area contributed by atoms with Crippen LogP contribution in [0.2, 0.25) is 0 Å². The largest absolute Gasteiger partial charge is 0.384 e. The zero-order valence-corrected chi connectivity index (χ0v) is 15.8. The summed E-state index contributed by atoms with van der Waals surface area (Å²) < 4.78 is 25.5. The molecule has 0 radical (unpaired) electrons. The minimum atomic E-state index is -3.49. The van der Waals surface area contributed by atoms with Gasteiger partial charge in [0, 0.05) is 12.6 Å². The average molecular weight is 396 g/mol. The van der Waals surface area contributed by atoms with Gasteiger partial charge in [0.05, 0.1) is 18.6 Å². The Bertz CT molecular complexity index is 861. The minimum Gasteiger partial charge on any atom is -0.384 e. The number of hydrogen-bond acceptors (Lipinski definition) is 8. The Balaban J connectivity index is 2.19. The number of benzene rings is 1. The monoisotopic (exact) mass is 396 g/mol. The van der Waals surface area contributed by atoms with Gasteiger partial charge in [0.25, 0.3) is 0 Å². The lowest BCUT2D eigenvalue weighted by Crippen LogP contribution is -2.31. The number of aromatic nitrogens is 2. The predicted molar refractivity (Wildman–Crippen MR) is 100 cm³/mol. The van der Waals surface area contributed by atoms with Gasteiger partial charge in [-0.2, -0.15) is 4.31 Å². The number of thioether (sulfide) groups is 1. The maximum absolute atomic E-state index is 12.1. The van der Waals surface area contributed by atoms with Gasteiger partial charge in [-0.3, -0.25) is 10.2 Å². The summed E-state index contributed by atoms with van der Waals surface area (Å²) >= 11 is 1.13. The molecule has 0 aliphatic carbocycles. The van der Waals surface area contributed by atoms with Gasteiger partial charge in [0.1, 0.15) is 16.7 Å². The standard InChI is InChI=1S/C15H20N6O3S2/c1-26(23,24)21(8-11-5-3-2-4-6-11)9-13-18-12(16)7-15(19-13)25-10-14(22)20-17/h2-7H,8-10,17H2,1H3,(H,20,22)(H2,16,18,19). The fraction of sp³-hybridized carbons (Fsp3) is 0.267. The van der Waals surface area contributed by atoms with Gasteiger partial charge in [0.2, 0.25) is 15.9 Å². The summed E-state index contributed by atoms with van der Waals surface area (Å²) in [4.78, 5) is 19.6. The number of hydrogen-bond donors (Lipinski definition) is 3. The molecule has 2 aromatic rings. The van der Waals surface area contributed by atoms with Crippen molar-refractivity contribution in [3.8, 4) is 0 Å². The SMILES string of the molecule is CS(=O)(=O)N(Cc1ccccc1)Cc1nc(N)cc(SCC(=O)NN)n1. The van der Waals surface area contributed by atoms with Crippen LogP contribution in [0.3, 0.4) is 0 Å². The van der Waals surface area contributed by atoms with Crippen LogP contribution in [0, 0.1) is 0 Å². The highest BCUT2D eigenvalue weighted by atomic mass is 32.2. The number of nitrogens with two attached hydrogens (primary N) is 2. The van der Waals surface area contributed by atoms with Crippen molar-refractivity contribution >= 4 is 33.5 Å². The molecular weight excluding hydrogens is 376 g/mol. The van der Waals surface area contributed by atoms with Gasteiger partial charge >= 0.3 is 0 Å². The first-order valence-corrected chi connectivity index (χ1v) is 10.4. The highest BCUT2D eigenvalue weighted by molar-refractivity contribution is 7.99. The van der Waals surface area contributed by atoms with Crippen LogP contribution in [0.15, 0.2) is 41.4 Å². The molecule has 0 bridgehead atoms. The molecule has 11 heteroatoms. The molecular formula is C15H20N6O3S2. The fourth-order valence-corrected chi connectivity index (χ4v) is 3.52. The first kappa shape index (κ1) is 20.1. The van der Waals surface area contributed by atoms with Gasteiger partial charge in [-0.15, -0.1) is 0 Å². The van der Waals surface area contributed by atoms with E-state index in [0.29, 0.717) is 5.03 Å². The number of anilines is 1. The number of hydrazine groups is 1. The Morgan fingerprint density at radius 2 is 1.92 bits per heavy atom. The Labute approximate surface area is 156 Å². The van der Waals surface area contributed by atoms with Gasteiger partial charge in [0.15, 0.2) is 0 Å². The number of carbonyl (C=O) groups excluding carboxylic acids is 1. The summed E-state index contributed by atoms with van der Waals surface area (Å²) in [7, 11) is -3.49. The summed E-state index contributed by atoms with van der Waals surface area (Å²) in [5.41, 5.74) is 8.64. The lowest BCUT2D eigenvalue weighted by Gasteiger charge is -2.19. The van der Waals surface area contributed by atoms with Gasteiger partial charge in [-0.25, -0.2) is 24.2 Å². The molecule has 1 aromatic carbocycles. The smallest absolute Gasteiger partial charge is 0.244 e. The number of nitrogens with zero attached hydrogens (tertiary/aromatic N) is 3. The van der Waals surface area contributed by atoms with E-state index in [2.05, 4.69) is 9.97 Å². The third kappa shape index (κ3) is 6.26. The van der Waals surface area contributed by atoms with Crippen LogP contribution < -0.4 is 17.0 Å². The van der Waals surface area contributed by atoms with Gasteiger partial charge in [-0.05, 0) is 5.56 Å². The maximum atomic E-state index is 12.1. The van der Waals surface area contributed by atoms with E-state index in [1.54, 1.807) is 0 Å². The zero-order valence-electron chi connectivity index (χ0n) is 14.1. The second-order valence-corrected chi connectivity index (χ2v) is 8.40. The Hall–Kier alpha value is -2.21. The van der Waals surface area contributed by atoms with Crippen LogP contribution in [0.4, 0.5) is 5.82 Å². The van der Waals surface area contributed by atoms with Crippen LogP contribution in [0.5, 0.6) is 0 Å². The van der Waals surface area contributed by atoms with E-state index < -0.39 is 10.0 Å². The Kier molecular flexibility index (Phi) is 6.91. The van der Waals surface area contributed by atoms with Crippen molar-refractivity contribution in [2.45, 2.75) is 18.1 Å². The lowest BCUT2D eigenvalue weighted by molar-refractivity contribution is -0.118. The van der Waals surface area contributed by atoms with E-state index in [-0.39, 0.29) is 36.4 Å². The second kappa shape index (κ2) is 8.94. The Morgan fingerprint density at radius 1 is 1.23 bits per heavy atom. The highest BCUT2D eigenvalue weighted by Crippen LogP contribution is 2.19. The molecule has 0 spiro atoms. The van der Waals surface area contributed by atoms with Crippen molar-refractivity contribution < 1.29 is 13.2 Å². The van der Waals surface area contributed by atoms with E-state index in [1.807, 2.05) is 35.8 Å². The predicted octanol–water partition coefficient (Wildman–Crippen LogP) is 0.103. The summed E-state index contributed by atoms with van der Waals surface area (Å²) in [6, 6.07) is 10.7. The molecule has 26 heavy (non-hydrogen) atoms. The normalized spacial score (nSPS) is 11.5. The molecule has 5 N–H and O–H groups in total. The van der Waals surface area contributed by atoms with Crippen LogP contribution >= 0.6 is 11.8 Å². The van der Waals surface area contributed by atoms with Gasteiger partial charge in [-0.1, -0.05) is 42.1 Å². The molecule has 9 nitrogen and oxygen atoms in total. The van der Waals surface area contributed by atoms with Crippen LogP contribution in [0.1, 0.15) is 11.4 Å². The quantitative estimate of drug-likeness (QED) is 0.187. The molecule has 140 valence electrons. The molecule has 0 saturated carbocycles. The number of amides is 1. The van der Waals surface area contributed by atoms with E-state index in [0.717, 1.165) is 23.6 Å². The van der Waals surface area contributed by atoms with Crippen LogP contribution in [0.25, 0.3) is 0 Å². The van der Waals surface area contributed by atoms with Crippen LogP contribution in [-0.4, -0.2) is 40.6 Å². The van der Waals surface area contributed by atoms with Crippen molar-refractivity contribution in [1.82, 2.24) is 19.7 Å². The first-order chi connectivity index (χ1) is 12.3. The number of sulfonamides is 1. The van der Waals surface area contributed by atoms with Crippen molar-refractivity contribution in [1.29, 1.82) is 0 Å². The van der Waals surface area contributed by atoms with Crippen molar-refractivity contribution in [2.75, 3.05) is 17.7 Å². The van der Waals surface area contributed by atoms with E-state index in [9.17, 15) is 13.2 Å². The molecule has 1 amide bonds. The number of nitrogens with one attached hydrogen (secondary N) is 1. The highest BCUT2D eigenvalue weighted by Gasteiger charge is 2.19. The fourth-order valence-electron chi connectivity index (χ4n) is 2.05. The van der Waals surface area contributed by atoms with Crippen LogP contribution in [-0.2, 0) is 27.9 Å². The third-order valence-electron chi connectivity index (χ3n) is 3.27. The van der Waals surface area contributed by atoms with Crippen molar-refractivity contribution in [3.05, 3.63) is 47.8 Å². The van der Waals surface area contributed by atoms with E-state index in [4.69, 9.17) is 11.6 Å². The molecule has 0 fully saturated rings. The molecule has 0 aliphatic rings. The molecule has 0 atom stereocenters. The average Bonchev–Trinajstić information content (AvgIpc) is 2.59. The van der Waals surface area contributed by atoms with Crippen molar-refractivity contribution in [3.63, 3.8) is 0 Å². The summed E-state index contributed by atoms with van der Waals surface area (Å²) in [5, 5.41) is 0.462. The van der Waals surface area contributed by atoms with E-state index in [1.165, 1.54) is 10.4 Å². The Morgan fingerprint density at radius 3 is 2.54 bits per heavy atom. The molecule has 0 saturated heterocycles. The molecule has 0 aliphatic heterocycles. The molecule has 1 heterocycles. The molecule has 2 rings (SSSR count). The molecule has 0 unspecified atom stereocenters. The summed E-state index contributed by atoms with van der Waals surface area (Å²) in [6.45, 7) is 0.158. The molecule has 1 aromatic heterocycles. The van der Waals surface area contributed by atoms with E-state index >= 15 is 0 Å². The topological polar surface area (TPSA) is 144 Å². The maximum Gasteiger partial charge on any atom is 0.244 e. The first-order valence-electron chi connectivity index (χ1n) is 7.52. The zero-order chi connectivity index (χ0) is 19.2. The van der Waals surface area contributed by atoms with Crippen molar-refractivity contribution in [2.24, 2.45) is 5.84 Å². The number of nitrogen functional groups attached to an aromatic ring is 1. The van der Waals surface area contributed by atoms with Gasteiger partial charge < -0.3 is 5.73 Å². The summed E-state index contributed by atoms with van der Waals surface area (Å²) in [6.07, 6.45) is 1.13. The second-order valence-electron chi connectivity index (χ2n) is 5.42.